The summed E-state index contributed by atoms with van der Waals surface area (Å²) in [6, 6.07) is 0. The molecule has 0 spiro atoms. The Kier molecular flexibility index (Phi) is 34.5. The van der Waals surface area contributed by atoms with Gasteiger partial charge in [0.2, 0.25) is 0 Å². The molecule has 1 fully saturated rings. The zero-order chi connectivity index (χ0) is 32.4. The lowest BCUT2D eigenvalue weighted by atomic mass is 9.99. The number of hydrogen-bond acceptors (Lipinski definition) is 8. The van der Waals surface area contributed by atoms with Crippen LogP contribution in [0, 0.1) is 0 Å². The molecule has 1 unspecified atom stereocenters. The zero-order valence-corrected chi connectivity index (χ0v) is 33.1. The molecule has 0 aromatic carbocycles. The van der Waals surface area contributed by atoms with E-state index in [0.29, 0.717) is 6.61 Å². The predicted octanol–water partition coefficient (Wildman–Crippen LogP) is 11.5. The van der Waals surface area contributed by atoms with Crippen molar-refractivity contribution in [3.8, 4) is 0 Å². The average Bonchev–Trinajstić information content (AvgIpc) is 3.45. The van der Waals surface area contributed by atoms with E-state index in [1.165, 1.54) is 149 Å². The van der Waals surface area contributed by atoms with E-state index in [1.807, 2.05) is 0 Å². The maximum atomic E-state index is 8.98. The molecule has 270 valence electrons. The van der Waals surface area contributed by atoms with Crippen LogP contribution in [0.2, 0.25) is 0 Å². The smallest absolute Gasteiger partial charge is 0.168 e. The third kappa shape index (κ3) is 28.8. The molecule has 0 amide bonds. The molecule has 0 bridgehead atoms. The summed E-state index contributed by atoms with van der Waals surface area (Å²) in [5.41, 5.74) is 0. The first-order valence-corrected chi connectivity index (χ1v) is 23.8. The van der Waals surface area contributed by atoms with Crippen LogP contribution in [0.3, 0.4) is 0 Å². The van der Waals surface area contributed by atoms with Crippen LogP contribution in [-0.2, 0) is 9.47 Å². The lowest BCUT2D eigenvalue weighted by Crippen LogP contribution is -2.32. The van der Waals surface area contributed by atoms with Crippen LogP contribution in [0.4, 0.5) is 0 Å². The van der Waals surface area contributed by atoms with Crippen molar-refractivity contribution < 1.29 is 14.6 Å². The summed E-state index contributed by atoms with van der Waals surface area (Å²) in [5.74, 6) is 5.02. The molecule has 45 heavy (non-hydrogen) atoms. The van der Waals surface area contributed by atoms with Gasteiger partial charge in [-0.1, -0.05) is 90.9 Å². The first-order valence-electron chi connectivity index (χ1n) is 19.2. The van der Waals surface area contributed by atoms with Crippen molar-refractivity contribution in [2.24, 2.45) is 0 Å². The molecular formula is C37H75NO3S4. The third-order valence-corrected chi connectivity index (χ3v) is 13.6. The normalized spacial score (nSPS) is 16.2. The van der Waals surface area contributed by atoms with E-state index < -0.39 is 0 Å². The van der Waals surface area contributed by atoms with Crippen molar-refractivity contribution in [3.05, 3.63) is 0 Å². The van der Waals surface area contributed by atoms with Crippen molar-refractivity contribution in [1.82, 2.24) is 5.32 Å². The summed E-state index contributed by atoms with van der Waals surface area (Å²) in [7, 11) is 0. The van der Waals surface area contributed by atoms with Gasteiger partial charge in [-0.05, 0) is 93.9 Å². The van der Waals surface area contributed by atoms with E-state index in [2.05, 4.69) is 66.2 Å². The van der Waals surface area contributed by atoms with Gasteiger partial charge in [0.05, 0.1) is 12.7 Å². The van der Waals surface area contributed by atoms with Crippen molar-refractivity contribution in [3.63, 3.8) is 0 Å². The van der Waals surface area contributed by atoms with Crippen LogP contribution in [0.25, 0.3) is 0 Å². The van der Waals surface area contributed by atoms with Crippen LogP contribution in [0.5, 0.6) is 0 Å². The Morgan fingerprint density at radius 1 is 0.578 bits per heavy atom. The van der Waals surface area contributed by atoms with Gasteiger partial charge in [-0.15, -0.1) is 0 Å². The highest BCUT2D eigenvalue weighted by atomic mass is 32.2. The van der Waals surface area contributed by atoms with E-state index in [-0.39, 0.29) is 11.9 Å². The molecule has 0 aromatic rings. The molecule has 0 aliphatic carbocycles. The molecule has 1 heterocycles. The second-order valence-electron chi connectivity index (χ2n) is 13.0. The highest BCUT2D eigenvalue weighted by Gasteiger charge is 2.40. The number of thioether (sulfide) groups is 4. The van der Waals surface area contributed by atoms with E-state index in [0.717, 1.165) is 51.8 Å². The Balaban J connectivity index is 2.17. The number of rotatable bonds is 37. The van der Waals surface area contributed by atoms with Gasteiger partial charge in [-0.3, -0.25) is 0 Å². The summed E-state index contributed by atoms with van der Waals surface area (Å²) >= 11 is 8.54. The van der Waals surface area contributed by atoms with Crippen molar-refractivity contribution in [2.45, 2.75) is 173 Å². The summed E-state index contributed by atoms with van der Waals surface area (Å²) in [6.07, 6.45) is 29.6. The first-order chi connectivity index (χ1) is 22.3. The summed E-state index contributed by atoms with van der Waals surface area (Å²) < 4.78 is 13.2. The number of aliphatic hydroxyl groups excluding tert-OH is 1. The SMILES string of the molecule is CCCCCSCSCCCCCCCCC1(CCCCCCCCSCSCCCCC)OCC(CCNCCCCO)O1. The molecule has 8 heteroatoms. The number of ether oxygens (including phenoxy) is 2. The highest BCUT2D eigenvalue weighted by molar-refractivity contribution is 8.16. The lowest BCUT2D eigenvalue weighted by Gasteiger charge is -2.28. The molecule has 1 atom stereocenters. The largest absolute Gasteiger partial charge is 0.396 e. The number of aliphatic hydroxyl groups is 1. The van der Waals surface area contributed by atoms with Crippen LogP contribution < -0.4 is 5.32 Å². The number of hydrogen-bond donors (Lipinski definition) is 2. The van der Waals surface area contributed by atoms with Crippen LogP contribution in [-0.4, -0.2) is 76.5 Å². The molecule has 2 N–H and O–H groups in total. The molecule has 0 saturated carbocycles. The van der Waals surface area contributed by atoms with Crippen LogP contribution >= 0.6 is 47.0 Å². The summed E-state index contributed by atoms with van der Waals surface area (Å²) in [4.78, 5) is 0. The van der Waals surface area contributed by atoms with Crippen LogP contribution in [0.15, 0.2) is 0 Å². The van der Waals surface area contributed by atoms with E-state index in [4.69, 9.17) is 14.6 Å². The van der Waals surface area contributed by atoms with Crippen molar-refractivity contribution in [2.75, 3.05) is 59.5 Å². The minimum absolute atomic E-state index is 0.222. The predicted molar refractivity (Wildman–Crippen MR) is 211 cm³/mol. The van der Waals surface area contributed by atoms with E-state index >= 15 is 0 Å². The van der Waals surface area contributed by atoms with Crippen LogP contribution in [0.1, 0.15) is 162 Å². The molecule has 4 nitrogen and oxygen atoms in total. The fourth-order valence-electron chi connectivity index (χ4n) is 5.77. The van der Waals surface area contributed by atoms with E-state index in [9.17, 15) is 0 Å². The standard InChI is InChI=1S/C37H75NO3S4/c1-3-5-19-29-42-34-44-31-21-13-9-7-11-15-24-37(40-33-36(41-37)23-27-38-26-17-18-28-39)25-16-12-8-10-14-22-32-45-35-43-30-20-6-4-2/h36,38-39H,3-35H2,1-2H3. The summed E-state index contributed by atoms with van der Waals surface area (Å²) in [5, 5.41) is 15.1. The second-order valence-corrected chi connectivity index (χ2v) is 18.1. The highest BCUT2D eigenvalue weighted by Crippen LogP contribution is 2.35. The van der Waals surface area contributed by atoms with Gasteiger partial charge in [-0.25, -0.2) is 0 Å². The monoisotopic (exact) mass is 709 g/mol. The Labute approximate surface area is 298 Å². The minimum atomic E-state index is -0.335. The molecule has 0 radical (unpaired) electrons. The Morgan fingerprint density at radius 3 is 1.53 bits per heavy atom. The van der Waals surface area contributed by atoms with Gasteiger partial charge in [-0.2, -0.15) is 47.0 Å². The molecule has 1 saturated heterocycles. The zero-order valence-electron chi connectivity index (χ0n) is 29.8. The first kappa shape index (κ1) is 44.3. The van der Waals surface area contributed by atoms with Gasteiger partial charge in [0.1, 0.15) is 0 Å². The van der Waals surface area contributed by atoms with Gasteiger partial charge >= 0.3 is 0 Å². The fourth-order valence-corrected chi connectivity index (χ4v) is 10.2. The average molecular weight is 710 g/mol. The summed E-state index contributed by atoms with van der Waals surface area (Å²) in [6.45, 7) is 7.57. The van der Waals surface area contributed by atoms with Gasteiger partial charge in [0.25, 0.3) is 0 Å². The maximum absolute atomic E-state index is 8.98. The number of unbranched alkanes of at least 4 members (excludes halogenated alkanes) is 15. The maximum Gasteiger partial charge on any atom is 0.168 e. The third-order valence-electron chi connectivity index (χ3n) is 8.63. The van der Waals surface area contributed by atoms with Crippen molar-refractivity contribution >= 4 is 47.0 Å². The van der Waals surface area contributed by atoms with Gasteiger partial charge in [0.15, 0.2) is 5.79 Å². The van der Waals surface area contributed by atoms with Gasteiger partial charge < -0.3 is 19.9 Å². The molecular weight excluding hydrogens is 635 g/mol. The van der Waals surface area contributed by atoms with E-state index in [1.54, 1.807) is 0 Å². The molecule has 0 aromatic heterocycles. The second kappa shape index (κ2) is 35.1. The lowest BCUT2D eigenvalue weighted by molar-refractivity contribution is -0.179. The minimum Gasteiger partial charge on any atom is -0.396 e. The Morgan fingerprint density at radius 2 is 1.04 bits per heavy atom. The molecule has 1 rings (SSSR count). The number of nitrogens with one attached hydrogen (secondary N) is 1. The Bertz CT molecular complexity index is 558. The quantitative estimate of drug-likeness (QED) is 0.0488. The molecule has 1 aliphatic rings. The Hall–Kier alpha value is 1.24. The topological polar surface area (TPSA) is 50.7 Å². The van der Waals surface area contributed by atoms with Gasteiger partial charge in [0, 0.05) is 29.6 Å². The fraction of sp³-hybridized carbons (Fsp3) is 1.00. The van der Waals surface area contributed by atoms with Crippen molar-refractivity contribution in [1.29, 1.82) is 0 Å². The molecule has 1 aliphatic heterocycles.